The minimum absolute atomic E-state index is 0.0303. The van der Waals surface area contributed by atoms with E-state index in [-0.39, 0.29) is 6.04 Å². The van der Waals surface area contributed by atoms with Crippen LogP contribution in [0.2, 0.25) is 0 Å². The molecule has 1 aromatic heterocycles. The van der Waals surface area contributed by atoms with E-state index >= 15 is 0 Å². The van der Waals surface area contributed by atoms with Crippen molar-refractivity contribution in [1.82, 2.24) is 10.3 Å². The molecule has 1 aromatic rings. The van der Waals surface area contributed by atoms with Gasteiger partial charge >= 0.3 is 6.18 Å². The summed E-state index contributed by atoms with van der Waals surface area (Å²) in [5, 5.41) is 3.08. The van der Waals surface area contributed by atoms with Crippen LogP contribution >= 0.6 is 0 Å². The molecule has 1 heterocycles. The first kappa shape index (κ1) is 15.9. The Morgan fingerprint density at radius 3 is 2.24 bits per heavy atom. The Balaban J connectivity index is 0.00000121. The van der Waals surface area contributed by atoms with Crippen molar-refractivity contribution in [2.24, 2.45) is 0 Å². The molecule has 0 saturated carbocycles. The molecule has 1 unspecified atom stereocenters. The van der Waals surface area contributed by atoms with Gasteiger partial charge < -0.3 is 5.32 Å². The fourth-order valence-corrected chi connectivity index (χ4v) is 1.24. The van der Waals surface area contributed by atoms with Crippen molar-refractivity contribution in [3.05, 3.63) is 29.6 Å². The zero-order valence-electron chi connectivity index (χ0n) is 10.6. The summed E-state index contributed by atoms with van der Waals surface area (Å²) in [7, 11) is 0. The molecule has 17 heavy (non-hydrogen) atoms. The van der Waals surface area contributed by atoms with Crippen molar-refractivity contribution in [1.29, 1.82) is 0 Å². The Kier molecular flexibility index (Phi) is 6.80. The molecule has 0 amide bonds. The Hall–Kier alpha value is -1.10. The van der Waals surface area contributed by atoms with Gasteiger partial charge in [-0.3, -0.25) is 4.98 Å². The predicted molar refractivity (Wildman–Crippen MR) is 62.7 cm³/mol. The Morgan fingerprint density at radius 1 is 1.29 bits per heavy atom. The highest BCUT2D eigenvalue weighted by molar-refractivity contribution is 5.18. The van der Waals surface area contributed by atoms with Crippen molar-refractivity contribution in [3.8, 4) is 0 Å². The average molecular weight is 248 g/mol. The molecule has 1 atom stereocenters. The molecule has 0 aromatic carbocycles. The summed E-state index contributed by atoms with van der Waals surface area (Å²) in [5.41, 5.74) is -0.0974. The van der Waals surface area contributed by atoms with Crippen molar-refractivity contribution < 1.29 is 13.2 Å². The standard InChI is InChI=1S/C10H13F3N2.C2H6/c1-3-14-7(2)9-5-4-8(6-15-9)10(11,12)13;1-2/h4-7,14H,3H2,1-2H3;1-2H3. The lowest BCUT2D eigenvalue weighted by Gasteiger charge is -2.12. The molecule has 0 spiro atoms. The summed E-state index contributed by atoms with van der Waals surface area (Å²) in [6, 6.07) is 2.42. The van der Waals surface area contributed by atoms with Gasteiger partial charge in [0.25, 0.3) is 0 Å². The van der Waals surface area contributed by atoms with E-state index in [1.165, 1.54) is 6.07 Å². The second kappa shape index (κ2) is 7.27. The van der Waals surface area contributed by atoms with Crippen LogP contribution in [0.3, 0.4) is 0 Å². The van der Waals surface area contributed by atoms with E-state index in [4.69, 9.17) is 0 Å². The first-order valence-electron chi connectivity index (χ1n) is 5.71. The smallest absolute Gasteiger partial charge is 0.309 e. The fraction of sp³-hybridized carbons (Fsp3) is 0.583. The third kappa shape index (κ3) is 5.17. The number of alkyl halides is 3. The van der Waals surface area contributed by atoms with E-state index in [9.17, 15) is 13.2 Å². The molecule has 1 rings (SSSR count). The van der Waals surface area contributed by atoms with Crippen molar-refractivity contribution >= 4 is 0 Å². The molecule has 0 fully saturated rings. The molecule has 98 valence electrons. The first-order valence-corrected chi connectivity index (χ1v) is 5.71. The van der Waals surface area contributed by atoms with Gasteiger partial charge in [-0.1, -0.05) is 20.8 Å². The van der Waals surface area contributed by atoms with Crippen molar-refractivity contribution in [3.63, 3.8) is 0 Å². The van der Waals surface area contributed by atoms with Crippen LogP contribution in [0.25, 0.3) is 0 Å². The van der Waals surface area contributed by atoms with E-state index in [1.807, 2.05) is 27.7 Å². The summed E-state index contributed by atoms with van der Waals surface area (Å²) in [6.07, 6.45) is -3.45. The van der Waals surface area contributed by atoms with Gasteiger partial charge in [-0.25, -0.2) is 0 Å². The summed E-state index contributed by atoms with van der Waals surface area (Å²) in [4.78, 5) is 3.78. The second-order valence-corrected chi connectivity index (χ2v) is 3.25. The summed E-state index contributed by atoms with van der Waals surface area (Å²) < 4.78 is 36.6. The molecule has 1 N–H and O–H groups in total. The van der Waals surface area contributed by atoms with Crippen LogP contribution in [0.15, 0.2) is 18.3 Å². The van der Waals surface area contributed by atoms with Gasteiger partial charge in [0.05, 0.1) is 11.3 Å². The fourth-order valence-electron chi connectivity index (χ4n) is 1.24. The lowest BCUT2D eigenvalue weighted by molar-refractivity contribution is -0.137. The molecular weight excluding hydrogens is 229 g/mol. The van der Waals surface area contributed by atoms with Gasteiger partial charge in [0, 0.05) is 12.2 Å². The van der Waals surface area contributed by atoms with Crippen LogP contribution in [-0.2, 0) is 6.18 Å². The van der Waals surface area contributed by atoms with E-state index in [0.29, 0.717) is 5.69 Å². The molecule has 5 heteroatoms. The molecule has 0 aliphatic rings. The zero-order chi connectivity index (χ0) is 13.5. The van der Waals surface area contributed by atoms with Gasteiger partial charge in [-0.15, -0.1) is 0 Å². The second-order valence-electron chi connectivity index (χ2n) is 3.25. The lowest BCUT2D eigenvalue weighted by atomic mass is 10.2. The topological polar surface area (TPSA) is 24.9 Å². The van der Waals surface area contributed by atoms with E-state index < -0.39 is 11.7 Å². The third-order valence-electron chi connectivity index (χ3n) is 2.07. The molecular formula is C12H19F3N2. The molecule has 0 aliphatic carbocycles. The van der Waals surface area contributed by atoms with E-state index in [2.05, 4.69) is 10.3 Å². The van der Waals surface area contributed by atoms with Crippen LogP contribution in [0.5, 0.6) is 0 Å². The number of nitrogens with zero attached hydrogens (tertiary/aromatic N) is 1. The molecule has 0 radical (unpaired) electrons. The van der Waals surface area contributed by atoms with Crippen LogP contribution in [0, 0.1) is 0 Å². The molecule has 0 saturated heterocycles. The van der Waals surface area contributed by atoms with Crippen molar-refractivity contribution in [2.75, 3.05) is 6.54 Å². The largest absolute Gasteiger partial charge is 0.417 e. The summed E-state index contributed by atoms with van der Waals surface area (Å²) in [6.45, 7) is 8.55. The lowest BCUT2D eigenvalue weighted by Crippen LogP contribution is -2.19. The molecule has 0 bridgehead atoms. The Bertz CT molecular complexity index is 307. The highest BCUT2D eigenvalue weighted by atomic mass is 19.4. The van der Waals surface area contributed by atoms with Gasteiger partial charge in [0.15, 0.2) is 0 Å². The van der Waals surface area contributed by atoms with Crippen LogP contribution in [-0.4, -0.2) is 11.5 Å². The monoisotopic (exact) mass is 248 g/mol. The summed E-state index contributed by atoms with van der Waals surface area (Å²) >= 11 is 0. The Morgan fingerprint density at radius 2 is 1.88 bits per heavy atom. The summed E-state index contributed by atoms with van der Waals surface area (Å²) in [5.74, 6) is 0. The SMILES string of the molecule is CC.CCNC(C)c1ccc(C(F)(F)F)cn1. The maximum atomic E-state index is 12.2. The number of hydrogen-bond donors (Lipinski definition) is 1. The first-order chi connectivity index (χ1) is 7.95. The van der Waals surface area contributed by atoms with Crippen LogP contribution in [0.1, 0.15) is 45.0 Å². The van der Waals surface area contributed by atoms with Crippen molar-refractivity contribution in [2.45, 2.75) is 39.9 Å². The quantitative estimate of drug-likeness (QED) is 0.880. The highest BCUT2D eigenvalue weighted by Gasteiger charge is 2.30. The number of hydrogen-bond acceptors (Lipinski definition) is 2. The minimum Gasteiger partial charge on any atom is -0.309 e. The van der Waals surface area contributed by atoms with Gasteiger partial charge in [0.1, 0.15) is 0 Å². The normalized spacial score (nSPS) is 12.6. The molecule has 0 aliphatic heterocycles. The maximum Gasteiger partial charge on any atom is 0.417 e. The van der Waals surface area contributed by atoms with Gasteiger partial charge in [-0.2, -0.15) is 13.2 Å². The van der Waals surface area contributed by atoms with Gasteiger partial charge in [0.2, 0.25) is 0 Å². The number of aromatic nitrogens is 1. The number of halogens is 3. The van der Waals surface area contributed by atoms with Crippen LogP contribution in [0.4, 0.5) is 13.2 Å². The average Bonchev–Trinajstić information content (AvgIpc) is 2.31. The van der Waals surface area contributed by atoms with E-state index in [0.717, 1.165) is 18.8 Å². The molecule has 2 nitrogen and oxygen atoms in total. The number of pyridine rings is 1. The maximum absolute atomic E-state index is 12.2. The van der Waals surface area contributed by atoms with Gasteiger partial charge in [-0.05, 0) is 25.6 Å². The minimum atomic E-state index is -4.31. The number of nitrogens with one attached hydrogen (secondary N) is 1. The zero-order valence-corrected chi connectivity index (χ0v) is 10.6. The number of rotatable bonds is 3. The highest BCUT2D eigenvalue weighted by Crippen LogP contribution is 2.28. The Labute approximate surface area is 100 Å². The van der Waals surface area contributed by atoms with Crippen LogP contribution < -0.4 is 5.32 Å². The van der Waals surface area contributed by atoms with E-state index in [1.54, 1.807) is 0 Å². The third-order valence-corrected chi connectivity index (χ3v) is 2.07. The predicted octanol–water partition coefficient (Wildman–Crippen LogP) is 3.80.